The molecule has 4 aromatic carbocycles. The van der Waals surface area contributed by atoms with Crippen molar-refractivity contribution in [2.24, 2.45) is 0 Å². The summed E-state index contributed by atoms with van der Waals surface area (Å²) in [6, 6.07) is 23.4. The van der Waals surface area contributed by atoms with E-state index < -0.39 is 17.7 Å². The van der Waals surface area contributed by atoms with Crippen LogP contribution in [0.4, 0.5) is 5.69 Å². The highest BCUT2D eigenvalue weighted by molar-refractivity contribution is 6.52. The Kier molecular flexibility index (Phi) is 6.27. The van der Waals surface area contributed by atoms with E-state index in [2.05, 4.69) is 0 Å². The first kappa shape index (κ1) is 23.9. The van der Waals surface area contributed by atoms with Crippen molar-refractivity contribution in [2.45, 2.75) is 13.0 Å². The number of Topliss-reactive ketones (excluding diaryl/α,β-unsaturated/α-hetero) is 1. The zero-order valence-electron chi connectivity index (χ0n) is 20.3. The molecule has 0 spiro atoms. The van der Waals surface area contributed by atoms with Gasteiger partial charge in [-0.05, 0) is 48.2 Å². The highest BCUT2D eigenvalue weighted by Gasteiger charge is 2.47. The van der Waals surface area contributed by atoms with Crippen LogP contribution in [0.25, 0.3) is 16.5 Å². The summed E-state index contributed by atoms with van der Waals surface area (Å²) in [6.45, 7) is 2.10. The Bertz CT molecular complexity index is 1550. The van der Waals surface area contributed by atoms with Crippen LogP contribution in [-0.2, 0) is 9.59 Å². The van der Waals surface area contributed by atoms with Crippen LogP contribution >= 0.6 is 0 Å². The molecule has 1 fully saturated rings. The predicted octanol–water partition coefficient (Wildman–Crippen LogP) is 5.58. The summed E-state index contributed by atoms with van der Waals surface area (Å²) in [5.74, 6) is -1.27. The van der Waals surface area contributed by atoms with Crippen LogP contribution < -0.4 is 14.4 Å². The number of aromatic hydroxyl groups is 1. The number of anilines is 1. The van der Waals surface area contributed by atoms with E-state index in [4.69, 9.17) is 9.47 Å². The van der Waals surface area contributed by atoms with Gasteiger partial charge in [-0.2, -0.15) is 0 Å². The third-order valence-electron chi connectivity index (χ3n) is 6.41. The van der Waals surface area contributed by atoms with Crippen LogP contribution in [0.3, 0.4) is 0 Å². The van der Waals surface area contributed by atoms with E-state index in [1.165, 1.54) is 18.1 Å². The molecule has 1 unspecified atom stereocenters. The monoisotopic (exact) mass is 495 g/mol. The average Bonchev–Trinajstić information content (AvgIpc) is 3.19. The van der Waals surface area contributed by atoms with Crippen molar-refractivity contribution in [3.63, 3.8) is 0 Å². The van der Waals surface area contributed by atoms with Gasteiger partial charge >= 0.3 is 0 Å². The van der Waals surface area contributed by atoms with Crippen molar-refractivity contribution in [3.8, 4) is 17.2 Å². The molecule has 0 bridgehead atoms. The minimum atomic E-state index is -0.975. The fourth-order valence-electron chi connectivity index (χ4n) is 4.71. The molecule has 4 aromatic rings. The van der Waals surface area contributed by atoms with Gasteiger partial charge in [0.25, 0.3) is 11.7 Å². The molecule has 1 aliphatic rings. The maximum Gasteiger partial charge on any atom is 0.300 e. The Morgan fingerprint density at radius 1 is 0.946 bits per heavy atom. The molecule has 1 atom stereocenters. The number of carbonyl (C=O) groups is 2. The molecule has 7 heteroatoms. The number of phenolic OH excluding ortho intramolecular Hbond substituents is 1. The molecule has 0 radical (unpaired) electrons. The number of rotatable bonds is 6. The zero-order chi connectivity index (χ0) is 26.1. The number of methoxy groups -OCH3 is 1. The minimum absolute atomic E-state index is 0.0690. The van der Waals surface area contributed by atoms with Crippen LogP contribution in [0.5, 0.6) is 17.2 Å². The molecule has 0 aliphatic carbocycles. The van der Waals surface area contributed by atoms with Crippen molar-refractivity contribution in [2.75, 3.05) is 18.6 Å². The van der Waals surface area contributed by atoms with Gasteiger partial charge in [0.1, 0.15) is 11.5 Å². The topological polar surface area (TPSA) is 96.3 Å². The summed E-state index contributed by atoms with van der Waals surface area (Å²) in [5, 5.41) is 23.4. The summed E-state index contributed by atoms with van der Waals surface area (Å²) < 4.78 is 10.9. The van der Waals surface area contributed by atoms with Gasteiger partial charge < -0.3 is 19.7 Å². The quantitative estimate of drug-likeness (QED) is 0.206. The maximum atomic E-state index is 13.6. The standard InChI is InChI=1S/C30H25NO6/c1-3-37-25-17-19(14-15-24(25)32)27-26(28(33)20-10-6-11-21(16-20)36-2)29(34)30(35)31(27)23-13-7-9-18-8-4-5-12-22(18)23/h4-17,27,32-33H,3H2,1-2H3/b28-26+. The molecule has 0 saturated carbocycles. The first-order chi connectivity index (χ1) is 17.9. The van der Waals surface area contributed by atoms with E-state index in [1.807, 2.05) is 36.4 Å². The molecule has 0 aromatic heterocycles. The number of ketones is 1. The van der Waals surface area contributed by atoms with Crippen molar-refractivity contribution in [1.82, 2.24) is 0 Å². The van der Waals surface area contributed by atoms with E-state index in [-0.39, 0.29) is 22.8 Å². The number of aliphatic hydroxyl groups is 1. The van der Waals surface area contributed by atoms with Gasteiger partial charge in [-0.25, -0.2) is 0 Å². The van der Waals surface area contributed by atoms with Crippen LogP contribution in [-0.4, -0.2) is 35.6 Å². The number of carbonyl (C=O) groups excluding carboxylic acids is 2. The lowest BCUT2D eigenvalue weighted by atomic mass is 9.94. The number of benzene rings is 4. The van der Waals surface area contributed by atoms with Crippen molar-refractivity contribution >= 4 is 33.9 Å². The highest BCUT2D eigenvalue weighted by atomic mass is 16.5. The fourth-order valence-corrected chi connectivity index (χ4v) is 4.71. The first-order valence-electron chi connectivity index (χ1n) is 11.8. The second-order valence-corrected chi connectivity index (χ2v) is 8.56. The van der Waals surface area contributed by atoms with Crippen molar-refractivity contribution in [3.05, 3.63) is 102 Å². The second-order valence-electron chi connectivity index (χ2n) is 8.56. The molecule has 2 N–H and O–H groups in total. The van der Waals surface area contributed by atoms with E-state index in [0.29, 0.717) is 29.2 Å². The number of aliphatic hydroxyl groups excluding tert-OH is 1. The van der Waals surface area contributed by atoms with E-state index in [0.717, 1.165) is 10.8 Å². The smallest absolute Gasteiger partial charge is 0.300 e. The third-order valence-corrected chi connectivity index (χ3v) is 6.41. The maximum absolute atomic E-state index is 13.6. The summed E-state index contributed by atoms with van der Waals surface area (Å²) in [4.78, 5) is 28.5. The van der Waals surface area contributed by atoms with Gasteiger partial charge in [-0.15, -0.1) is 0 Å². The lowest BCUT2D eigenvalue weighted by Crippen LogP contribution is -2.29. The number of amides is 1. The van der Waals surface area contributed by atoms with Gasteiger partial charge in [0.15, 0.2) is 11.5 Å². The number of phenols is 1. The largest absolute Gasteiger partial charge is 0.507 e. The molecule has 186 valence electrons. The van der Waals surface area contributed by atoms with Gasteiger partial charge in [-0.3, -0.25) is 14.5 Å². The lowest BCUT2D eigenvalue weighted by Gasteiger charge is -2.27. The number of fused-ring (bicyclic) bond motifs is 1. The molecule has 1 amide bonds. The Balaban J connectivity index is 1.78. The minimum Gasteiger partial charge on any atom is -0.507 e. The van der Waals surface area contributed by atoms with Crippen LogP contribution in [0, 0.1) is 0 Å². The number of hydrogen-bond acceptors (Lipinski definition) is 6. The Labute approximate surface area is 213 Å². The van der Waals surface area contributed by atoms with Gasteiger partial charge in [0.2, 0.25) is 0 Å². The first-order valence-corrected chi connectivity index (χ1v) is 11.8. The molecule has 1 aliphatic heterocycles. The SMILES string of the molecule is CCOc1cc(C2/C(=C(\O)c3cccc(OC)c3)C(=O)C(=O)N2c2cccc3ccccc23)ccc1O. The van der Waals surface area contributed by atoms with E-state index in [1.54, 1.807) is 49.4 Å². The highest BCUT2D eigenvalue weighted by Crippen LogP contribution is 2.45. The average molecular weight is 496 g/mol. The van der Waals surface area contributed by atoms with E-state index >= 15 is 0 Å². The summed E-state index contributed by atoms with van der Waals surface area (Å²) in [6.07, 6.45) is 0. The Morgan fingerprint density at radius 2 is 1.70 bits per heavy atom. The zero-order valence-corrected chi connectivity index (χ0v) is 20.3. The van der Waals surface area contributed by atoms with Gasteiger partial charge in [-0.1, -0.05) is 54.6 Å². The molecule has 1 heterocycles. The summed E-state index contributed by atoms with van der Waals surface area (Å²) in [5.41, 5.74) is 1.29. The molecule has 1 saturated heterocycles. The number of hydrogen-bond donors (Lipinski definition) is 2. The fraction of sp³-hybridized carbons (Fsp3) is 0.133. The van der Waals surface area contributed by atoms with Crippen molar-refractivity contribution < 1.29 is 29.3 Å². The van der Waals surface area contributed by atoms with Gasteiger partial charge in [0.05, 0.1) is 31.0 Å². The van der Waals surface area contributed by atoms with Crippen LogP contribution in [0.2, 0.25) is 0 Å². The lowest BCUT2D eigenvalue weighted by molar-refractivity contribution is -0.132. The molecule has 37 heavy (non-hydrogen) atoms. The molecular weight excluding hydrogens is 470 g/mol. The molecule has 7 nitrogen and oxygen atoms in total. The second kappa shape index (κ2) is 9.70. The van der Waals surface area contributed by atoms with Gasteiger partial charge in [0, 0.05) is 10.9 Å². The third kappa shape index (κ3) is 4.14. The Hall–Kier alpha value is -4.78. The summed E-state index contributed by atoms with van der Waals surface area (Å²) >= 11 is 0. The predicted molar refractivity (Wildman–Crippen MR) is 141 cm³/mol. The van der Waals surface area contributed by atoms with Crippen LogP contribution in [0.1, 0.15) is 24.1 Å². The summed E-state index contributed by atoms with van der Waals surface area (Å²) in [7, 11) is 1.50. The molecular formula is C30H25NO6. The number of nitrogens with zero attached hydrogens (tertiary/aromatic N) is 1. The number of ether oxygens (including phenoxy) is 2. The van der Waals surface area contributed by atoms with Crippen molar-refractivity contribution in [1.29, 1.82) is 0 Å². The molecule has 5 rings (SSSR count). The Morgan fingerprint density at radius 3 is 2.49 bits per heavy atom. The normalized spacial score (nSPS) is 16.8. The van der Waals surface area contributed by atoms with E-state index in [9.17, 15) is 19.8 Å². The van der Waals surface area contributed by atoms with Crippen LogP contribution in [0.15, 0.2) is 90.5 Å².